The third kappa shape index (κ3) is 2.93. The zero-order valence-corrected chi connectivity index (χ0v) is 12.3. The highest BCUT2D eigenvalue weighted by atomic mass is 32.2. The molecule has 2 unspecified atom stereocenters. The van der Waals surface area contributed by atoms with Crippen molar-refractivity contribution in [1.82, 2.24) is 14.9 Å². The standard InChI is InChI=1S/C12H15N3O5S/c1-5-8(9(21-2)14-12(20)13-5)10(17)15-4-6(16)3-7(15)11(18)19/h6-7,16H,3-4H2,1-2H3,(H,18,19)(H,13,14,20). The average molecular weight is 313 g/mol. The molecule has 0 spiro atoms. The number of H-pyrrole nitrogens is 1. The van der Waals surface area contributed by atoms with Crippen molar-refractivity contribution in [2.45, 2.75) is 30.5 Å². The fourth-order valence-electron chi connectivity index (χ4n) is 2.37. The lowest BCUT2D eigenvalue weighted by Crippen LogP contribution is -2.41. The first-order chi connectivity index (χ1) is 9.85. The first kappa shape index (κ1) is 15.5. The molecule has 2 heterocycles. The second-order valence-electron chi connectivity index (χ2n) is 4.75. The SMILES string of the molecule is CSc1nc(=O)[nH]c(C)c1C(=O)N1CC(O)CC1C(=O)O. The Kier molecular flexibility index (Phi) is 4.33. The minimum absolute atomic E-state index is 0.00843. The lowest BCUT2D eigenvalue weighted by Gasteiger charge is -2.22. The van der Waals surface area contributed by atoms with Crippen LogP contribution in [-0.4, -0.2) is 61.9 Å². The summed E-state index contributed by atoms with van der Waals surface area (Å²) in [4.78, 5) is 42.4. The first-order valence-corrected chi connectivity index (χ1v) is 7.44. The number of carboxylic acids is 1. The summed E-state index contributed by atoms with van der Waals surface area (Å²) in [5.41, 5.74) is -0.0676. The molecule has 2 rings (SSSR count). The van der Waals surface area contributed by atoms with Crippen molar-refractivity contribution < 1.29 is 19.8 Å². The fourth-order valence-corrected chi connectivity index (χ4v) is 2.99. The Hall–Kier alpha value is -1.87. The molecule has 1 aromatic rings. The van der Waals surface area contributed by atoms with Gasteiger partial charge in [-0.05, 0) is 13.2 Å². The second-order valence-corrected chi connectivity index (χ2v) is 5.55. The van der Waals surface area contributed by atoms with Crippen molar-refractivity contribution in [3.8, 4) is 0 Å². The Morgan fingerprint density at radius 2 is 2.14 bits per heavy atom. The van der Waals surface area contributed by atoms with Crippen LogP contribution in [0.25, 0.3) is 0 Å². The van der Waals surface area contributed by atoms with Crippen molar-refractivity contribution in [2.75, 3.05) is 12.8 Å². The Morgan fingerprint density at radius 1 is 1.48 bits per heavy atom. The van der Waals surface area contributed by atoms with E-state index in [2.05, 4.69) is 9.97 Å². The molecule has 0 bridgehead atoms. The van der Waals surface area contributed by atoms with Gasteiger partial charge in [0.2, 0.25) is 0 Å². The molecule has 1 saturated heterocycles. The summed E-state index contributed by atoms with van der Waals surface area (Å²) < 4.78 is 0. The predicted octanol–water partition coefficient (Wildman–Crippen LogP) is -0.540. The second kappa shape index (κ2) is 5.86. The van der Waals surface area contributed by atoms with Gasteiger partial charge in [-0.15, -0.1) is 11.8 Å². The molecule has 8 nitrogen and oxygen atoms in total. The number of thioether (sulfide) groups is 1. The average Bonchev–Trinajstić information content (AvgIpc) is 2.79. The molecule has 2 atom stereocenters. The zero-order valence-electron chi connectivity index (χ0n) is 11.5. The molecule has 21 heavy (non-hydrogen) atoms. The molecule has 1 aromatic heterocycles. The van der Waals surface area contributed by atoms with Crippen molar-refractivity contribution in [2.24, 2.45) is 0 Å². The third-order valence-corrected chi connectivity index (χ3v) is 4.00. The number of carbonyl (C=O) groups is 2. The summed E-state index contributed by atoms with van der Waals surface area (Å²) in [6.07, 6.45) is 0.792. The molecule has 0 radical (unpaired) electrons. The maximum Gasteiger partial charge on any atom is 0.346 e. The molecular formula is C12H15N3O5S. The molecule has 0 aromatic carbocycles. The van der Waals surface area contributed by atoms with E-state index in [4.69, 9.17) is 5.11 Å². The number of aromatic amines is 1. The molecule has 3 N–H and O–H groups in total. The Bertz CT molecular complexity index is 644. The number of carboxylic acid groups (broad SMARTS) is 1. The summed E-state index contributed by atoms with van der Waals surface area (Å²) in [7, 11) is 0. The van der Waals surface area contributed by atoms with Gasteiger partial charge in [0.05, 0.1) is 11.7 Å². The number of aryl methyl sites for hydroxylation is 1. The molecule has 1 aliphatic heterocycles. The van der Waals surface area contributed by atoms with E-state index in [0.29, 0.717) is 5.69 Å². The lowest BCUT2D eigenvalue weighted by atomic mass is 10.1. The van der Waals surface area contributed by atoms with Gasteiger partial charge in [-0.25, -0.2) is 9.59 Å². The highest BCUT2D eigenvalue weighted by Gasteiger charge is 2.40. The molecular weight excluding hydrogens is 298 g/mol. The van der Waals surface area contributed by atoms with Crippen LogP contribution < -0.4 is 5.69 Å². The van der Waals surface area contributed by atoms with E-state index in [0.717, 1.165) is 16.7 Å². The van der Waals surface area contributed by atoms with Crippen LogP contribution in [0, 0.1) is 6.92 Å². The molecule has 1 amide bonds. The maximum atomic E-state index is 12.6. The Morgan fingerprint density at radius 3 is 2.71 bits per heavy atom. The van der Waals surface area contributed by atoms with E-state index < -0.39 is 29.7 Å². The van der Waals surface area contributed by atoms with Crippen LogP contribution in [0.5, 0.6) is 0 Å². The van der Waals surface area contributed by atoms with E-state index >= 15 is 0 Å². The van der Waals surface area contributed by atoms with Gasteiger partial charge in [-0.3, -0.25) is 4.79 Å². The summed E-state index contributed by atoms with van der Waals surface area (Å²) in [5, 5.41) is 19.0. The summed E-state index contributed by atoms with van der Waals surface area (Å²) in [6, 6.07) is -1.08. The molecule has 1 aliphatic rings. The maximum absolute atomic E-state index is 12.6. The molecule has 0 saturated carbocycles. The lowest BCUT2D eigenvalue weighted by molar-refractivity contribution is -0.141. The van der Waals surface area contributed by atoms with Gasteiger partial charge in [0.1, 0.15) is 11.1 Å². The highest BCUT2D eigenvalue weighted by Crippen LogP contribution is 2.25. The molecule has 9 heteroatoms. The van der Waals surface area contributed by atoms with Gasteiger partial charge >= 0.3 is 11.7 Å². The minimum Gasteiger partial charge on any atom is -0.480 e. The largest absolute Gasteiger partial charge is 0.480 e. The van der Waals surface area contributed by atoms with Crippen LogP contribution in [0.15, 0.2) is 9.82 Å². The van der Waals surface area contributed by atoms with Gasteiger partial charge < -0.3 is 20.1 Å². The highest BCUT2D eigenvalue weighted by molar-refractivity contribution is 7.98. The van der Waals surface area contributed by atoms with Crippen molar-refractivity contribution in [1.29, 1.82) is 0 Å². The van der Waals surface area contributed by atoms with Crippen LogP contribution in [0.4, 0.5) is 0 Å². The molecule has 114 valence electrons. The number of β-amino-alcohol motifs (C(OH)–C–C–N with tert-alkyl or cyclic N) is 1. The van der Waals surface area contributed by atoms with Gasteiger partial charge in [0.25, 0.3) is 5.91 Å². The molecule has 0 aliphatic carbocycles. The van der Waals surface area contributed by atoms with Crippen LogP contribution >= 0.6 is 11.8 Å². The number of aromatic nitrogens is 2. The van der Waals surface area contributed by atoms with Gasteiger partial charge in [-0.1, -0.05) is 0 Å². The number of hydrogen-bond acceptors (Lipinski definition) is 6. The quantitative estimate of drug-likeness (QED) is 0.506. The van der Waals surface area contributed by atoms with E-state index in [1.54, 1.807) is 13.2 Å². The van der Waals surface area contributed by atoms with Gasteiger partial charge in [0, 0.05) is 18.7 Å². The van der Waals surface area contributed by atoms with Gasteiger partial charge in [0.15, 0.2) is 0 Å². The molecule has 1 fully saturated rings. The Balaban J connectivity index is 2.45. The number of nitrogens with zero attached hydrogens (tertiary/aromatic N) is 2. The summed E-state index contributed by atoms with van der Waals surface area (Å²) >= 11 is 1.13. The predicted molar refractivity (Wildman–Crippen MR) is 74.5 cm³/mol. The van der Waals surface area contributed by atoms with Crippen LogP contribution in [0.1, 0.15) is 22.5 Å². The van der Waals surface area contributed by atoms with Crippen LogP contribution in [0.3, 0.4) is 0 Å². The topological polar surface area (TPSA) is 124 Å². The number of amides is 1. The van der Waals surface area contributed by atoms with Crippen molar-refractivity contribution in [3.63, 3.8) is 0 Å². The number of likely N-dealkylation sites (tertiary alicyclic amines) is 1. The monoisotopic (exact) mass is 313 g/mol. The van der Waals surface area contributed by atoms with Crippen molar-refractivity contribution in [3.05, 3.63) is 21.7 Å². The zero-order chi connectivity index (χ0) is 15.7. The number of nitrogens with one attached hydrogen (secondary N) is 1. The number of aliphatic hydroxyl groups is 1. The summed E-state index contributed by atoms with van der Waals surface area (Å²) in [6.45, 7) is 1.50. The van der Waals surface area contributed by atoms with E-state index in [1.807, 2.05) is 0 Å². The van der Waals surface area contributed by atoms with E-state index in [1.165, 1.54) is 0 Å². The summed E-state index contributed by atoms with van der Waals surface area (Å²) in [5.74, 6) is -1.72. The Labute approximate surface area is 124 Å². The minimum atomic E-state index is -1.17. The number of rotatable bonds is 3. The van der Waals surface area contributed by atoms with Gasteiger partial charge in [-0.2, -0.15) is 4.98 Å². The number of carbonyl (C=O) groups excluding carboxylic acids is 1. The first-order valence-electron chi connectivity index (χ1n) is 6.22. The number of hydrogen-bond donors (Lipinski definition) is 3. The van der Waals surface area contributed by atoms with Crippen LogP contribution in [0.2, 0.25) is 0 Å². The number of aliphatic hydroxyl groups excluding tert-OH is 1. The van der Waals surface area contributed by atoms with Crippen LogP contribution in [-0.2, 0) is 4.79 Å². The normalized spacial score (nSPS) is 21.6. The van der Waals surface area contributed by atoms with E-state index in [9.17, 15) is 19.5 Å². The third-order valence-electron chi connectivity index (χ3n) is 3.32. The fraction of sp³-hybridized carbons (Fsp3) is 0.500. The van der Waals surface area contributed by atoms with Crippen molar-refractivity contribution >= 4 is 23.6 Å². The number of aliphatic carboxylic acids is 1. The van der Waals surface area contributed by atoms with E-state index in [-0.39, 0.29) is 23.6 Å². The smallest absolute Gasteiger partial charge is 0.346 e.